The molecule has 1 aromatic rings. The Hall–Kier alpha value is -0.100. The summed E-state index contributed by atoms with van der Waals surface area (Å²) in [6.45, 7) is 0. The van der Waals surface area contributed by atoms with Crippen molar-refractivity contribution >= 4 is 44.8 Å². The fraction of sp³-hybridized carbons (Fsp3) is 0.545. The summed E-state index contributed by atoms with van der Waals surface area (Å²) >= 11 is 11.0. The third-order valence-electron chi connectivity index (χ3n) is 3.30. The molecule has 17 heavy (non-hydrogen) atoms. The number of carbonyl (C=O) groups is 1. The maximum absolute atomic E-state index is 11.9. The highest BCUT2D eigenvalue weighted by Crippen LogP contribution is 2.45. The summed E-state index contributed by atoms with van der Waals surface area (Å²) in [6.07, 6.45) is 2.67. The van der Waals surface area contributed by atoms with Gasteiger partial charge in [0, 0.05) is 27.9 Å². The summed E-state index contributed by atoms with van der Waals surface area (Å²) in [7, 11) is 0. The number of halogens is 2. The Kier molecular flexibility index (Phi) is 2.97. The first-order chi connectivity index (χ1) is 8.08. The summed E-state index contributed by atoms with van der Waals surface area (Å²) in [6, 6.07) is 2.31. The molecule has 0 bridgehead atoms. The van der Waals surface area contributed by atoms with E-state index in [0.29, 0.717) is 12.5 Å². The Bertz CT molecular complexity index is 455. The van der Waals surface area contributed by atoms with E-state index >= 15 is 0 Å². The van der Waals surface area contributed by atoms with Gasteiger partial charge in [-0.25, -0.2) is 0 Å². The van der Waals surface area contributed by atoms with Gasteiger partial charge in [0.15, 0.2) is 0 Å². The molecule has 0 radical (unpaired) electrons. The van der Waals surface area contributed by atoms with Gasteiger partial charge in [0.05, 0.1) is 6.04 Å². The first-order valence-corrected chi connectivity index (χ1v) is 7.58. The first kappa shape index (κ1) is 12.0. The van der Waals surface area contributed by atoms with E-state index in [9.17, 15) is 4.79 Å². The van der Waals surface area contributed by atoms with Crippen LogP contribution in [0.1, 0.15) is 30.2 Å². The molecule has 3 nitrogen and oxygen atoms in total. The van der Waals surface area contributed by atoms with Crippen LogP contribution in [-0.4, -0.2) is 22.9 Å². The van der Waals surface area contributed by atoms with Gasteiger partial charge in [-0.15, -0.1) is 11.3 Å². The van der Waals surface area contributed by atoms with Crippen molar-refractivity contribution in [1.29, 1.82) is 0 Å². The third-order valence-corrected chi connectivity index (χ3v) is 5.84. The Balaban J connectivity index is 1.96. The number of amides is 1. The Morgan fingerprint density at radius 2 is 2.24 bits per heavy atom. The standard InChI is InChI=1S/C11H12BrClN2OS/c12-6-3-8(17-11(6)13)10-7(14)4-9(16)15(10)5-1-2-5/h3,5,7,10H,1-2,4,14H2. The molecule has 0 aromatic carbocycles. The van der Waals surface area contributed by atoms with Gasteiger partial charge < -0.3 is 10.6 Å². The van der Waals surface area contributed by atoms with Crippen LogP contribution in [0.5, 0.6) is 0 Å². The Morgan fingerprint density at radius 3 is 2.76 bits per heavy atom. The van der Waals surface area contributed by atoms with E-state index in [4.69, 9.17) is 17.3 Å². The van der Waals surface area contributed by atoms with Crippen molar-refractivity contribution in [2.24, 2.45) is 5.73 Å². The number of nitrogens with two attached hydrogens (primary N) is 1. The zero-order valence-electron chi connectivity index (χ0n) is 9.03. The van der Waals surface area contributed by atoms with E-state index in [-0.39, 0.29) is 18.0 Å². The van der Waals surface area contributed by atoms with Crippen molar-refractivity contribution in [3.05, 3.63) is 19.8 Å². The lowest BCUT2D eigenvalue weighted by atomic mass is 10.1. The quantitative estimate of drug-likeness (QED) is 0.903. The van der Waals surface area contributed by atoms with Crippen LogP contribution in [-0.2, 0) is 4.79 Å². The highest BCUT2D eigenvalue weighted by atomic mass is 79.9. The lowest BCUT2D eigenvalue weighted by Crippen LogP contribution is -2.34. The van der Waals surface area contributed by atoms with E-state index < -0.39 is 0 Å². The summed E-state index contributed by atoms with van der Waals surface area (Å²) in [5, 5.41) is 0. The molecule has 2 N–H and O–H groups in total. The molecule has 1 aromatic heterocycles. The molecule has 2 atom stereocenters. The van der Waals surface area contributed by atoms with Crippen LogP contribution in [0.4, 0.5) is 0 Å². The first-order valence-electron chi connectivity index (χ1n) is 5.59. The molecule has 1 amide bonds. The number of likely N-dealkylation sites (tertiary alicyclic amines) is 1. The smallest absolute Gasteiger partial charge is 0.225 e. The van der Waals surface area contributed by atoms with Crippen molar-refractivity contribution in [3.8, 4) is 0 Å². The van der Waals surface area contributed by atoms with E-state index in [1.807, 2.05) is 11.0 Å². The number of nitrogens with zero attached hydrogens (tertiary/aromatic N) is 1. The average molecular weight is 336 g/mol. The third kappa shape index (κ3) is 2.03. The lowest BCUT2D eigenvalue weighted by Gasteiger charge is -2.25. The lowest BCUT2D eigenvalue weighted by molar-refractivity contribution is -0.129. The molecular formula is C11H12BrClN2OS. The topological polar surface area (TPSA) is 46.3 Å². The molecule has 1 aliphatic carbocycles. The van der Waals surface area contributed by atoms with E-state index in [1.54, 1.807) is 0 Å². The van der Waals surface area contributed by atoms with Crippen LogP contribution >= 0.6 is 38.9 Å². The number of hydrogen-bond acceptors (Lipinski definition) is 3. The molecule has 92 valence electrons. The predicted octanol–water partition coefficient (Wildman–Crippen LogP) is 2.93. The van der Waals surface area contributed by atoms with Gasteiger partial charge in [0.2, 0.25) is 5.91 Å². The van der Waals surface area contributed by atoms with Gasteiger partial charge in [-0.1, -0.05) is 11.6 Å². The molecule has 2 aliphatic rings. The second-order valence-electron chi connectivity index (χ2n) is 4.62. The molecule has 3 rings (SSSR count). The van der Waals surface area contributed by atoms with Crippen molar-refractivity contribution < 1.29 is 4.79 Å². The normalized spacial score (nSPS) is 29.1. The van der Waals surface area contributed by atoms with Crippen LogP contribution in [0.3, 0.4) is 0 Å². The zero-order valence-corrected chi connectivity index (χ0v) is 12.2. The molecule has 2 heterocycles. The monoisotopic (exact) mass is 334 g/mol. The van der Waals surface area contributed by atoms with Crippen LogP contribution in [0, 0.1) is 0 Å². The van der Waals surface area contributed by atoms with Gasteiger partial charge in [-0.05, 0) is 34.8 Å². The average Bonchev–Trinajstić information content (AvgIpc) is 2.97. The van der Waals surface area contributed by atoms with E-state index in [1.165, 1.54) is 11.3 Å². The largest absolute Gasteiger partial charge is 0.330 e. The van der Waals surface area contributed by atoms with Gasteiger partial charge >= 0.3 is 0 Å². The zero-order chi connectivity index (χ0) is 12.2. The summed E-state index contributed by atoms with van der Waals surface area (Å²) in [5.74, 6) is 0.186. The summed E-state index contributed by atoms with van der Waals surface area (Å²) in [5.41, 5.74) is 6.10. The molecule has 1 aliphatic heterocycles. The minimum Gasteiger partial charge on any atom is -0.330 e. The second kappa shape index (κ2) is 4.23. The SMILES string of the molecule is NC1CC(=O)N(C2CC2)C1c1cc(Br)c(Cl)s1. The van der Waals surface area contributed by atoms with Crippen molar-refractivity contribution in [2.75, 3.05) is 0 Å². The maximum atomic E-state index is 11.9. The minimum absolute atomic E-state index is 0.0174. The fourth-order valence-electron chi connectivity index (χ4n) is 2.42. The highest BCUT2D eigenvalue weighted by Gasteiger charge is 2.46. The van der Waals surface area contributed by atoms with Crippen molar-refractivity contribution in [3.63, 3.8) is 0 Å². The second-order valence-corrected chi connectivity index (χ2v) is 7.16. The number of rotatable bonds is 2. The van der Waals surface area contributed by atoms with Crippen molar-refractivity contribution in [2.45, 2.75) is 37.4 Å². The summed E-state index contributed by atoms with van der Waals surface area (Å²) in [4.78, 5) is 15.0. The highest BCUT2D eigenvalue weighted by molar-refractivity contribution is 9.10. The molecule has 0 spiro atoms. The Morgan fingerprint density at radius 1 is 1.53 bits per heavy atom. The predicted molar refractivity (Wildman–Crippen MR) is 72.2 cm³/mol. The molecule has 6 heteroatoms. The summed E-state index contributed by atoms with van der Waals surface area (Å²) < 4.78 is 1.61. The number of hydrogen-bond donors (Lipinski definition) is 1. The van der Waals surface area contributed by atoms with E-state index in [0.717, 1.165) is 26.5 Å². The Labute approximate surface area is 117 Å². The molecule has 1 saturated heterocycles. The van der Waals surface area contributed by atoms with Crippen LogP contribution in [0.2, 0.25) is 4.34 Å². The maximum Gasteiger partial charge on any atom is 0.225 e. The van der Waals surface area contributed by atoms with Crippen molar-refractivity contribution in [1.82, 2.24) is 4.90 Å². The van der Waals surface area contributed by atoms with Gasteiger partial charge in [0.25, 0.3) is 0 Å². The van der Waals surface area contributed by atoms with Gasteiger partial charge in [-0.2, -0.15) is 0 Å². The number of carbonyl (C=O) groups excluding carboxylic acids is 1. The number of thiophene rings is 1. The minimum atomic E-state index is -0.107. The fourth-order valence-corrected chi connectivity index (χ4v) is 4.33. The van der Waals surface area contributed by atoms with Crippen LogP contribution < -0.4 is 5.73 Å². The molecule has 2 unspecified atom stereocenters. The molecule has 2 fully saturated rings. The molecule has 1 saturated carbocycles. The van der Waals surface area contributed by atoms with E-state index in [2.05, 4.69) is 15.9 Å². The van der Waals surface area contributed by atoms with Gasteiger partial charge in [-0.3, -0.25) is 4.79 Å². The van der Waals surface area contributed by atoms with Crippen LogP contribution in [0.15, 0.2) is 10.5 Å². The van der Waals surface area contributed by atoms with Crippen LogP contribution in [0.25, 0.3) is 0 Å². The van der Waals surface area contributed by atoms with Gasteiger partial charge in [0.1, 0.15) is 4.34 Å². The molecular weight excluding hydrogens is 324 g/mol.